The van der Waals surface area contributed by atoms with Crippen LogP contribution >= 0.6 is 0 Å². The van der Waals surface area contributed by atoms with Crippen molar-refractivity contribution in [2.75, 3.05) is 0 Å². The van der Waals surface area contributed by atoms with Crippen molar-refractivity contribution in [3.63, 3.8) is 0 Å². The molecular formula is C19H17F4NO3. The third kappa shape index (κ3) is 7.13. The van der Waals surface area contributed by atoms with Gasteiger partial charge in [-0.25, -0.2) is 0 Å². The first kappa shape index (κ1) is 20.5. The lowest BCUT2D eigenvalue weighted by molar-refractivity contribution is -0.274. The normalized spacial score (nSPS) is 20.9. The Labute approximate surface area is 153 Å². The van der Waals surface area contributed by atoms with Crippen molar-refractivity contribution >= 4 is 5.97 Å². The highest BCUT2D eigenvalue weighted by Crippen LogP contribution is 2.31. The SMILES string of the molecule is N#CC(F)=CC=C[C@H]1CC[C@H](C(=O)Oc2ccc(OC(F)(F)F)cc2)CC1. The lowest BCUT2D eigenvalue weighted by Gasteiger charge is -2.25. The first-order valence-corrected chi connectivity index (χ1v) is 8.28. The topological polar surface area (TPSA) is 59.3 Å². The minimum Gasteiger partial charge on any atom is -0.426 e. The van der Waals surface area contributed by atoms with E-state index in [1.54, 1.807) is 6.08 Å². The van der Waals surface area contributed by atoms with Crippen molar-refractivity contribution in [2.45, 2.75) is 32.0 Å². The Kier molecular flexibility index (Phi) is 6.99. The van der Waals surface area contributed by atoms with E-state index in [1.807, 2.05) is 0 Å². The number of hydrogen-bond donors (Lipinski definition) is 0. The fraction of sp³-hybridized carbons (Fsp3) is 0.368. The molecule has 0 N–H and O–H groups in total. The zero-order chi connectivity index (χ0) is 19.9. The molecule has 1 aliphatic carbocycles. The van der Waals surface area contributed by atoms with Gasteiger partial charge in [0.15, 0.2) is 5.83 Å². The molecule has 1 aliphatic rings. The van der Waals surface area contributed by atoms with Gasteiger partial charge in [0.05, 0.1) is 5.92 Å². The largest absolute Gasteiger partial charge is 0.573 e. The molecule has 0 atom stereocenters. The van der Waals surface area contributed by atoms with E-state index in [1.165, 1.54) is 24.3 Å². The lowest BCUT2D eigenvalue weighted by Crippen LogP contribution is -2.25. The van der Waals surface area contributed by atoms with Crippen molar-refractivity contribution in [1.82, 2.24) is 0 Å². The number of carbonyl (C=O) groups excluding carboxylic acids is 1. The van der Waals surface area contributed by atoms with Crippen LogP contribution in [0.1, 0.15) is 25.7 Å². The molecule has 0 saturated heterocycles. The summed E-state index contributed by atoms with van der Waals surface area (Å²) in [6, 6.07) is 6.01. The number of nitriles is 1. The molecule has 1 saturated carbocycles. The molecule has 0 spiro atoms. The van der Waals surface area contributed by atoms with Gasteiger partial charge in [0.25, 0.3) is 0 Å². The Balaban J connectivity index is 1.81. The molecule has 1 fully saturated rings. The predicted octanol–water partition coefficient (Wildman–Crippen LogP) is 5.23. The van der Waals surface area contributed by atoms with Gasteiger partial charge in [-0.05, 0) is 61.9 Å². The number of alkyl halides is 3. The fourth-order valence-corrected chi connectivity index (χ4v) is 2.79. The third-order valence-corrected chi connectivity index (χ3v) is 4.11. The molecule has 0 aromatic heterocycles. The molecule has 27 heavy (non-hydrogen) atoms. The summed E-state index contributed by atoms with van der Waals surface area (Å²) in [5.41, 5.74) is 0. The molecule has 0 unspecified atom stereocenters. The first-order chi connectivity index (χ1) is 12.8. The second kappa shape index (κ2) is 9.21. The maximum absolute atomic E-state index is 12.7. The number of hydrogen-bond acceptors (Lipinski definition) is 4. The van der Waals surface area contributed by atoms with Gasteiger partial charge in [-0.2, -0.15) is 9.65 Å². The zero-order valence-corrected chi connectivity index (χ0v) is 14.2. The average Bonchev–Trinajstić information content (AvgIpc) is 2.62. The number of halogens is 4. The van der Waals surface area contributed by atoms with Crippen LogP contribution < -0.4 is 9.47 Å². The second-order valence-electron chi connectivity index (χ2n) is 6.06. The van der Waals surface area contributed by atoms with E-state index < -0.39 is 23.9 Å². The summed E-state index contributed by atoms with van der Waals surface area (Å²) in [6.45, 7) is 0. The highest BCUT2D eigenvalue weighted by Gasteiger charge is 2.31. The van der Waals surface area contributed by atoms with Crippen LogP contribution in [0.25, 0.3) is 0 Å². The smallest absolute Gasteiger partial charge is 0.426 e. The van der Waals surface area contributed by atoms with Crippen LogP contribution in [0.3, 0.4) is 0 Å². The van der Waals surface area contributed by atoms with Crippen LogP contribution in [0.4, 0.5) is 17.6 Å². The van der Waals surface area contributed by atoms with E-state index >= 15 is 0 Å². The van der Waals surface area contributed by atoms with E-state index in [-0.39, 0.29) is 17.6 Å². The molecule has 1 aromatic carbocycles. The van der Waals surface area contributed by atoms with Crippen molar-refractivity contribution in [1.29, 1.82) is 5.26 Å². The Morgan fingerprint density at radius 1 is 1.11 bits per heavy atom. The summed E-state index contributed by atoms with van der Waals surface area (Å²) in [5, 5.41) is 8.32. The molecule has 0 radical (unpaired) electrons. The average molecular weight is 383 g/mol. The van der Waals surface area contributed by atoms with Gasteiger partial charge in [0, 0.05) is 0 Å². The fourth-order valence-electron chi connectivity index (χ4n) is 2.79. The van der Waals surface area contributed by atoms with Crippen LogP contribution in [-0.2, 0) is 4.79 Å². The molecule has 144 valence electrons. The van der Waals surface area contributed by atoms with Crippen molar-refractivity contribution in [2.24, 2.45) is 11.8 Å². The van der Waals surface area contributed by atoms with Crippen molar-refractivity contribution in [3.05, 3.63) is 48.3 Å². The minimum absolute atomic E-state index is 0.147. The van der Waals surface area contributed by atoms with E-state index in [9.17, 15) is 22.4 Å². The molecule has 0 aliphatic heterocycles. The van der Waals surface area contributed by atoms with Crippen molar-refractivity contribution < 1.29 is 31.8 Å². The van der Waals surface area contributed by atoms with Crippen LogP contribution in [0, 0.1) is 23.2 Å². The van der Waals surface area contributed by atoms with Gasteiger partial charge in [-0.1, -0.05) is 12.2 Å². The molecule has 0 heterocycles. The summed E-state index contributed by atoms with van der Waals surface area (Å²) in [4.78, 5) is 12.2. The molecule has 8 heteroatoms. The number of rotatable bonds is 5. The standard InChI is InChI=1S/C19H17F4NO3/c20-15(12-24)3-1-2-13-4-6-14(7-5-13)18(25)26-16-8-10-17(11-9-16)27-19(21,22)23/h1-3,8-11,13-14H,4-7H2/t13-,14-. The van der Waals surface area contributed by atoms with Gasteiger partial charge < -0.3 is 9.47 Å². The minimum atomic E-state index is -4.78. The number of allylic oxidation sites excluding steroid dienone is 4. The highest BCUT2D eigenvalue weighted by atomic mass is 19.4. The number of esters is 1. The van der Waals surface area contributed by atoms with E-state index in [0.717, 1.165) is 31.1 Å². The van der Waals surface area contributed by atoms with Gasteiger partial charge in [0.1, 0.15) is 17.6 Å². The van der Waals surface area contributed by atoms with E-state index in [0.29, 0.717) is 12.8 Å². The van der Waals surface area contributed by atoms with Crippen LogP contribution in [0.15, 0.2) is 48.3 Å². The van der Waals surface area contributed by atoms with Crippen LogP contribution in [0.5, 0.6) is 11.5 Å². The third-order valence-electron chi connectivity index (χ3n) is 4.11. The first-order valence-electron chi connectivity index (χ1n) is 8.28. The molecule has 0 amide bonds. The Bertz CT molecular complexity index is 740. The predicted molar refractivity (Wildman–Crippen MR) is 88.2 cm³/mol. The van der Waals surface area contributed by atoms with Crippen LogP contribution in [-0.4, -0.2) is 12.3 Å². The molecule has 0 bridgehead atoms. The van der Waals surface area contributed by atoms with Crippen LogP contribution in [0.2, 0.25) is 0 Å². The van der Waals surface area contributed by atoms with E-state index in [4.69, 9.17) is 10.00 Å². The Hall–Kier alpha value is -2.82. The molecule has 1 aromatic rings. The van der Waals surface area contributed by atoms with Gasteiger partial charge in [-0.3, -0.25) is 4.79 Å². The Morgan fingerprint density at radius 3 is 2.26 bits per heavy atom. The van der Waals surface area contributed by atoms with Gasteiger partial charge >= 0.3 is 12.3 Å². The maximum Gasteiger partial charge on any atom is 0.573 e. The maximum atomic E-state index is 12.7. The quantitative estimate of drug-likeness (QED) is 0.230. The van der Waals surface area contributed by atoms with Gasteiger partial charge in [-0.15, -0.1) is 13.2 Å². The summed E-state index contributed by atoms with van der Waals surface area (Å²) in [7, 11) is 0. The van der Waals surface area contributed by atoms with E-state index in [2.05, 4.69) is 4.74 Å². The summed E-state index contributed by atoms with van der Waals surface area (Å²) >= 11 is 0. The molecule has 2 rings (SSSR count). The number of nitrogens with zero attached hydrogens (tertiary/aromatic N) is 1. The number of carbonyl (C=O) groups is 1. The zero-order valence-electron chi connectivity index (χ0n) is 14.2. The van der Waals surface area contributed by atoms with Gasteiger partial charge in [0.2, 0.25) is 0 Å². The lowest BCUT2D eigenvalue weighted by atomic mass is 9.82. The highest BCUT2D eigenvalue weighted by molar-refractivity contribution is 5.75. The molecule has 4 nitrogen and oxygen atoms in total. The molecular weight excluding hydrogens is 366 g/mol. The van der Waals surface area contributed by atoms with Crippen molar-refractivity contribution in [3.8, 4) is 17.6 Å². The number of ether oxygens (including phenoxy) is 2. The summed E-state index contributed by atoms with van der Waals surface area (Å²) < 4.78 is 58.0. The monoisotopic (exact) mass is 383 g/mol. The second-order valence-corrected chi connectivity index (χ2v) is 6.06. The summed E-state index contributed by atoms with van der Waals surface area (Å²) in [5.74, 6) is -1.65. The Morgan fingerprint density at radius 2 is 1.70 bits per heavy atom. The number of benzene rings is 1. The summed E-state index contributed by atoms with van der Waals surface area (Å²) in [6.07, 6.45) is 2.23.